The van der Waals surface area contributed by atoms with E-state index in [-0.39, 0.29) is 17.9 Å². The van der Waals surface area contributed by atoms with Crippen LogP contribution in [0.2, 0.25) is 5.02 Å². The Morgan fingerprint density at radius 1 is 1.08 bits per heavy atom. The van der Waals surface area contributed by atoms with Crippen molar-refractivity contribution in [2.45, 2.75) is 38.3 Å². The van der Waals surface area contributed by atoms with Crippen LogP contribution in [0.1, 0.15) is 37.0 Å². The summed E-state index contributed by atoms with van der Waals surface area (Å²) < 4.78 is 5.79. The van der Waals surface area contributed by atoms with Gasteiger partial charge < -0.3 is 15.4 Å². The van der Waals surface area contributed by atoms with Crippen molar-refractivity contribution in [1.29, 1.82) is 0 Å². The topological polar surface area (TPSA) is 67.4 Å². The molecule has 0 aliphatic heterocycles. The van der Waals surface area contributed by atoms with Crippen molar-refractivity contribution < 1.29 is 14.3 Å². The summed E-state index contributed by atoms with van der Waals surface area (Å²) in [5.74, 6) is 0.00765. The van der Waals surface area contributed by atoms with Crippen molar-refractivity contribution in [2.75, 3.05) is 5.32 Å². The molecule has 6 heteroatoms. The van der Waals surface area contributed by atoms with Crippen LogP contribution in [-0.4, -0.2) is 23.5 Å². The van der Waals surface area contributed by atoms with E-state index in [1.807, 2.05) is 0 Å². The SMILES string of the molecule is CC(C)(Oc1ccc(Cl)cc1)C(=O)Nc1ccccc1C(=O)NC1CC1. The minimum absolute atomic E-state index is 0.181. The quantitative estimate of drug-likeness (QED) is 0.804. The number of ether oxygens (including phenoxy) is 1. The first kappa shape index (κ1) is 18.3. The minimum Gasteiger partial charge on any atom is -0.478 e. The highest BCUT2D eigenvalue weighted by Crippen LogP contribution is 2.24. The molecular formula is C20H21ClN2O3. The molecule has 0 heterocycles. The maximum absolute atomic E-state index is 12.7. The molecule has 2 amide bonds. The predicted octanol–water partition coefficient (Wildman–Crippen LogP) is 4.03. The summed E-state index contributed by atoms with van der Waals surface area (Å²) in [7, 11) is 0. The first-order valence-electron chi connectivity index (χ1n) is 8.51. The van der Waals surface area contributed by atoms with Gasteiger partial charge in [-0.3, -0.25) is 9.59 Å². The third kappa shape index (κ3) is 4.55. The maximum Gasteiger partial charge on any atom is 0.267 e. The fraction of sp³-hybridized carbons (Fsp3) is 0.300. The highest BCUT2D eigenvalue weighted by molar-refractivity contribution is 6.30. The second kappa shape index (κ2) is 7.38. The van der Waals surface area contributed by atoms with E-state index in [9.17, 15) is 9.59 Å². The largest absolute Gasteiger partial charge is 0.478 e. The Bertz CT molecular complexity index is 814. The zero-order chi connectivity index (χ0) is 18.7. The van der Waals surface area contributed by atoms with Crippen molar-refractivity contribution in [3.05, 3.63) is 59.1 Å². The minimum atomic E-state index is -1.13. The van der Waals surface area contributed by atoms with E-state index in [2.05, 4.69) is 10.6 Å². The van der Waals surface area contributed by atoms with Crippen LogP contribution < -0.4 is 15.4 Å². The van der Waals surface area contributed by atoms with Gasteiger partial charge in [0.05, 0.1) is 11.3 Å². The third-order valence-electron chi connectivity index (χ3n) is 4.07. The lowest BCUT2D eigenvalue weighted by molar-refractivity contribution is -0.128. The lowest BCUT2D eigenvalue weighted by Crippen LogP contribution is -2.43. The van der Waals surface area contributed by atoms with Crippen LogP contribution in [0.15, 0.2) is 48.5 Å². The smallest absolute Gasteiger partial charge is 0.267 e. The second-order valence-electron chi connectivity index (χ2n) is 6.81. The van der Waals surface area contributed by atoms with Crippen LogP contribution in [0, 0.1) is 0 Å². The number of benzene rings is 2. The summed E-state index contributed by atoms with van der Waals surface area (Å²) in [4.78, 5) is 25.1. The summed E-state index contributed by atoms with van der Waals surface area (Å²) in [6.45, 7) is 3.34. The van der Waals surface area contributed by atoms with E-state index in [0.29, 0.717) is 22.0 Å². The zero-order valence-corrected chi connectivity index (χ0v) is 15.5. The molecule has 0 saturated heterocycles. The van der Waals surface area contributed by atoms with Gasteiger partial charge in [0.15, 0.2) is 5.60 Å². The standard InChI is InChI=1S/C20H21ClN2O3/c1-20(2,26-15-11-7-13(21)8-12-15)19(25)23-17-6-4-3-5-16(17)18(24)22-14-9-10-14/h3-8,11-12,14H,9-10H2,1-2H3,(H,22,24)(H,23,25). The fourth-order valence-electron chi connectivity index (χ4n) is 2.40. The average Bonchev–Trinajstić information content (AvgIpc) is 3.41. The summed E-state index contributed by atoms with van der Waals surface area (Å²) >= 11 is 5.87. The average molecular weight is 373 g/mol. The van der Waals surface area contributed by atoms with E-state index in [1.54, 1.807) is 62.4 Å². The first-order valence-corrected chi connectivity index (χ1v) is 8.89. The molecule has 0 spiro atoms. The van der Waals surface area contributed by atoms with Crippen molar-refractivity contribution in [2.24, 2.45) is 0 Å². The lowest BCUT2D eigenvalue weighted by Gasteiger charge is -2.26. The molecule has 0 radical (unpaired) electrons. The van der Waals surface area contributed by atoms with E-state index in [1.165, 1.54) is 0 Å². The summed E-state index contributed by atoms with van der Waals surface area (Å²) in [6, 6.07) is 14.0. The number of nitrogens with one attached hydrogen (secondary N) is 2. The highest BCUT2D eigenvalue weighted by atomic mass is 35.5. The Balaban J connectivity index is 1.72. The van der Waals surface area contributed by atoms with Gasteiger partial charge in [-0.15, -0.1) is 0 Å². The van der Waals surface area contributed by atoms with Gasteiger partial charge in [0.1, 0.15) is 5.75 Å². The van der Waals surface area contributed by atoms with Crippen molar-refractivity contribution in [3.63, 3.8) is 0 Å². The second-order valence-corrected chi connectivity index (χ2v) is 7.25. The molecule has 5 nitrogen and oxygen atoms in total. The van der Waals surface area contributed by atoms with Crippen LogP contribution in [0.25, 0.3) is 0 Å². The molecule has 2 N–H and O–H groups in total. The molecule has 1 saturated carbocycles. The summed E-state index contributed by atoms with van der Waals surface area (Å²) in [5.41, 5.74) is -0.230. The molecule has 0 unspecified atom stereocenters. The summed E-state index contributed by atoms with van der Waals surface area (Å²) in [6.07, 6.45) is 2.00. The predicted molar refractivity (Wildman–Crippen MR) is 102 cm³/mol. The molecule has 1 aliphatic rings. The van der Waals surface area contributed by atoms with Crippen LogP contribution in [0.5, 0.6) is 5.75 Å². The molecular weight excluding hydrogens is 352 g/mol. The van der Waals surface area contributed by atoms with Crippen molar-refractivity contribution in [1.82, 2.24) is 5.32 Å². The Morgan fingerprint density at radius 2 is 1.73 bits per heavy atom. The van der Waals surface area contributed by atoms with Gasteiger partial charge >= 0.3 is 0 Å². The van der Waals surface area contributed by atoms with Crippen LogP contribution in [-0.2, 0) is 4.79 Å². The number of anilines is 1. The maximum atomic E-state index is 12.7. The molecule has 26 heavy (non-hydrogen) atoms. The van der Waals surface area contributed by atoms with Gasteiger partial charge in [-0.25, -0.2) is 0 Å². The van der Waals surface area contributed by atoms with Gasteiger partial charge in [0.25, 0.3) is 11.8 Å². The van der Waals surface area contributed by atoms with Gasteiger partial charge in [-0.05, 0) is 63.1 Å². The normalized spacial score (nSPS) is 13.8. The molecule has 1 aliphatic carbocycles. The third-order valence-corrected chi connectivity index (χ3v) is 4.32. The molecule has 2 aromatic rings. The van der Waals surface area contributed by atoms with Crippen LogP contribution in [0.4, 0.5) is 5.69 Å². The van der Waals surface area contributed by atoms with Gasteiger partial charge in [-0.1, -0.05) is 23.7 Å². The molecule has 0 atom stereocenters. The van der Waals surface area contributed by atoms with E-state index in [4.69, 9.17) is 16.3 Å². The Labute approximate surface area is 157 Å². The van der Waals surface area contributed by atoms with E-state index < -0.39 is 5.60 Å². The Kier molecular flexibility index (Phi) is 5.18. The first-order chi connectivity index (χ1) is 12.3. The molecule has 136 valence electrons. The summed E-state index contributed by atoms with van der Waals surface area (Å²) in [5, 5.41) is 6.33. The molecule has 2 aromatic carbocycles. The van der Waals surface area contributed by atoms with E-state index in [0.717, 1.165) is 12.8 Å². The van der Waals surface area contributed by atoms with E-state index >= 15 is 0 Å². The number of carbonyl (C=O) groups excluding carboxylic acids is 2. The van der Waals surface area contributed by atoms with Crippen LogP contribution in [0.3, 0.4) is 0 Å². The Hall–Kier alpha value is -2.53. The number of para-hydroxylation sites is 1. The number of hydrogen-bond acceptors (Lipinski definition) is 3. The Morgan fingerprint density at radius 3 is 2.38 bits per heavy atom. The monoisotopic (exact) mass is 372 g/mol. The highest BCUT2D eigenvalue weighted by Gasteiger charge is 2.31. The molecule has 0 bridgehead atoms. The number of halogens is 1. The van der Waals surface area contributed by atoms with Crippen LogP contribution >= 0.6 is 11.6 Å². The number of rotatable bonds is 6. The molecule has 0 aromatic heterocycles. The number of hydrogen-bond donors (Lipinski definition) is 2. The molecule has 1 fully saturated rings. The fourth-order valence-corrected chi connectivity index (χ4v) is 2.52. The molecule has 3 rings (SSSR count). The van der Waals surface area contributed by atoms with Gasteiger partial charge in [-0.2, -0.15) is 0 Å². The van der Waals surface area contributed by atoms with Gasteiger partial charge in [0.2, 0.25) is 0 Å². The lowest BCUT2D eigenvalue weighted by atomic mass is 10.1. The van der Waals surface area contributed by atoms with Crippen molar-refractivity contribution >= 4 is 29.1 Å². The van der Waals surface area contributed by atoms with Crippen molar-refractivity contribution in [3.8, 4) is 5.75 Å². The zero-order valence-electron chi connectivity index (χ0n) is 14.7. The number of amides is 2. The number of carbonyl (C=O) groups is 2. The van der Waals surface area contributed by atoms with Gasteiger partial charge in [0, 0.05) is 11.1 Å².